The molecule has 2 N–H and O–H groups in total. The predicted molar refractivity (Wildman–Crippen MR) is 83.6 cm³/mol. The average Bonchev–Trinajstić information content (AvgIpc) is 2.48. The first-order chi connectivity index (χ1) is 10.1. The minimum Gasteiger partial charge on any atom is -0.495 e. The number of ether oxygens (including phenoxy) is 2. The lowest BCUT2D eigenvalue weighted by atomic mass is 10.2. The summed E-state index contributed by atoms with van der Waals surface area (Å²) in [5, 5.41) is 5.78. The third-order valence-corrected chi connectivity index (χ3v) is 3.05. The zero-order chi connectivity index (χ0) is 15.2. The van der Waals surface area contributed by atoms with Crippen LogP contribution in [0.2, 0.25) is 5.02 Å². The molecule has 5 nitrogen and oxygen atoms in total. The van der Waals surface area contributed by atoms with E-state index in [-0.39, 0.29) is 6.03 Å². The van der Waals surface area contributed by atoms with E-state index in [4.69, 9.17) is 21.1 Å². The lowest BCUT2D eigenvalue weighted by molar-refractivity contribution is 0.262. The summed E-state index contributed by atoms with van der Waals surface area (Å²) in [6.07, 6.45) is 0. The lowest BCUT2D eigenvalue weighted by Gasteiger charge is -2.13. The van der Waals surface area contributed by atoms with Crippen LogP contribution in [0.25, 0.3) is 0 Å². The number of anilines is 2. The molecule has 21 heavy (non-hydrogen) atoms. The van der Waals surface area contributed by atoms with E-state index >= 15 is 0 Å². The number of halogens is 1. The Bertz CT molecular complexity index is 632. The number of hydrogen-bond donors (Lipinski definition) is 2. The maximum absolute atomic E-state index is 12.0. The van der Waals surface area contributed by atoms with Gasteiger partial charge in [0, 0.05) is 11.8 Å². The quantitative estimate of drug-likeness (QED) is 0.897. The molecule has 2 aromatic carbocycles. The molecule has 0 bridgehead atoms. The number of nitrogens with one attached hydrogen (secondary N) is 2. The number of benzene rings is 2. The van der Waals surface area contributed by atoms with E-state index in [0.717, 1.165) is 0 Å². The van der Waals surface area contributed by atoms with Crippen LogP contribution in [0, 0.1) is 0 Å². The van der Waals surface area contributed by atoms with E-state index in [1.165, 1.54) is 14.2 Å². The molecule has 2 amide bonds. The second kappa shape index (κ2) is 6.85. The van der Waals surface area contributed by atoms with E-state index in [1.54, 1.807) is 24.3 Å². The van der Waals surface area contributed by atoms with Gasteiger partial charge in [0.05, 0.1) is 24.9 Å². The van der Waals surface area contributed by atoms with Crippen LogP contribution < -0.4 is 20.1 Å². The number of hydrogen-bond acceptors (Lipinski definition) is 3. The van der Waals surface area contributed by atoms with Gasteiger partial charge in [-0.1, -0.05) is 29.8 Å². The molecule has 110 valence electrons. The molecular weight excluding hydrogens is 292 g/mol. The normalized spacial score (nSPS) is 9.86. The van der Waals surface area contributed by atoms with Crippen LogP contribution in [0.5, 0.6) is 11.5 Å². The van der Waals surface area contributed by atoms with E-state index < -0.39 is 0 Å². The van der Waals surface area contributed by atoms with Crippen LogP contribution in [-0.4, -0.2) is 20.3 Å². The Kier molecular flexibility index (Phi) is 4.90. The Hall–Kier alpha value is -2.40. The molecule has 0 aliphatic rings. The maximum Gasteiger partial charge on any atom is 0.323 e. The summed E-state index contributed by atoms with van der Waals surface area (Å²) in [6.45, 7) is 0. The van der Waals surface area contributed by atoms with Gasteiger partial charge in [0.15, 0.2) is 0 Å². The number of carbonyl (C=O) groups is 1. The highest BCUT2D eigenvalue weighted by molar-refractivity contribution is 6.32. The second-order valence-corrected chi connectivity index (χ2v) is 4.54. The lowest BCUT2D eigenvalue weighted by Crippen LogP contribution is -2.19. The summed E-state index contributed by atoms with van der Waals surface area (Å²) in [7, 11) is 3.01. The topological polar surface area (TPSA) is 59.6 Å². The molecule has 0 heterocycles. The van der Waals surface area contributed by atoms with Crippen LogP contribution in [-0.2, 0) is 0 Å². The van der Waals surface area contributed by atoms with Gasteiger partial charge in [-0.25, -0.2) is 4.79 Å². The minimum absolute atomic E-state index is 0.383. The van der Waals surface area contributed by atoms with Crippen molar-refractivity contribution in [1.29, 1.82) is 0 Å². The summed E-state index contributed by atoms with van der Waals surface area (Å²) >= 11 is 6.05. The van der Waals surface area contributed by atoms with E-state index in [9.17, 15) is 4.79 Å². The van der Waals surface area contributed by atoms with Crippen molar-refractivity contribution in [2.45, 2.75) is 0 Å². The van der Waals surface area contributed by atoms with Gasteiger partial charge >= 0.3 is 6.03 Å². The van der Waals surface area contributed by atoms with Crippen LogP contribution in [0.4, 0.5) is 16.2 Å². The van der Waals surface area contributed by atoms with Crippen molar-refractivity contribution in [1.82, 2.24) is 0 Å². The Morgan fingerprint density at radius 1 is 1.00 bits per heavy atom. The molecule has 0 aliphatic heterocycles. The first-order valence-electron chi connectivity index (χ1n) is 6.18. The highest BCUT2D eigenvalue weighted by Gasteiger charge is 2.12. The summed E-state index contributed by atoms with van der Waals surface area (Å²) in [5.74, 6) is 0.932. The zero-order valence-corrected chi connectivity index (χ0v) is 12.4. The highest BCUT2D eigenvalue weighted by atomic mass is 35.5. The standard InChI is InChI=1S/C15H15ClN2O3/c1-20-13-9-14(21-2)12(8-11(13)16)18-15(19)17-10-6-4-3-5-7-10/h3-9H,1-2H3,(H2,17,18,19). The molecule has 0 saturated carbocycles. The third kappa shape index (κ3) is 3.79. The molecule has 2 aromatic rings. The molecule has 0 aromatic heterocycles. The van der Waals surface area contributed by atoms with Gasteiger partial charge in [-0.15, -0.1) is 0 Å². The van der Waals surface area contributed by atoms with Gasteiger partial charge < -0.3 is 20.1 Å². The fourth-order valence-electron chi connectivity index (χ4n) is 1.76. The van der Waals surface area contributed by atoms with E-state index in [0.29, 0.717) is 27.9 Å². The molecule has 6 heteroatoms. The molecule has 2 rings (SSSR count). The monoisotopic (exact) mass is 306 g/mol. The maximum atomic E-state index is 12.0. The predicted octanol–water partition coefficient (Wildman–Crippen LogP) is 4.00. The molecule has 0 aliphatic carbocycles. The van der Waals surface area contributed by atoms with Crippen molar-refractivity contribution < 1.29 is 14.3 Å². The van der Waals surface area contributed by atoms with Gasteiger partial charge in [0.25, 0.3) is 0 Å². The first-order valence-corrected chi connectivity index (χ1v) is 6.56. The Balaban J connectivity index is 2.15. The molecule has 0 atom stereocenters. The van der Waals surface area contributed by atoms with Crippen LogP contribution >= 0.6 is 11.6 Å². The van der Waals surface area contributed by atoms with Crippen molar-refractivity contribution in [3.8, 4) is 11.5 Å². The van der Waals surface area contributed by atoms with Crippen molar-refractivity contribution in [3.05, 3.63) is 47.5 Å². The molecule has 0 fully saturated rings. The number of carbonyl (C=O) groups excluding carboxylic acids is 1. The number of amides is 2. The SMILES string of the molecule is COc1cc(OC)c(NC(=O)Nc2ccccc2)cc1Cl. The molecule has 0 unspecified atom stereocenters. The van der Waals surface area contributed by atoms with Crippen molar-refractivity contribution in [3.63, 3.8) is 0 Å². The van der Waals surface area contributed by atoms with Crippen molar-refractivity contribution in [2.75, 3.05) is 24.9 Å². The Labute approximate surface area is 127 Å². The summed E-state index contributed by atoms with van der Waals surface area (Å²) in [4.78, 5) is 12.0. The number of para-hydroxylation sites is 1. The van der Waals surface area contributed by atoms with Gasteiger partial charge in [0.1, 0.15) is 11.5 Å². The summed E-state index contributed by atoms with van der Waals surface area (Å²) in [5.41, 5.74) is 1.14. The van der Waals surface area contributed by atoms with Gasteiger partial charge in [0.2, 0.25) is 0 Å². The van der Waals surface area contributed by atoms with Crippen molar-refractivity contribution >= 4 is 29.0 Å². The fourth-order valence-corrected chi connectivity index (χ4v) is 2.00. The van der Waals surface area contributed by atoms with Crippen LogP contribution in [0.3, 0.4) is 0 Å². The minimum atomic E-state index is -0.388. The number of rotatable bonds is 4. The van der Waals surface area contributed by atoms with Crippen LogP contribution in [0.15, 0.2) is 42.5 Å². The van der Waals surface area contributed by atoms with Crippen LogP contribution in [0.1, 0.15) is 0 Å². The average molecular weight is 307 g/mol. The smallest absolute Gasteiger partial charge is 0.323 e. The van der Waals surface area contributed by atoms with E-state index in [1.807, 2.05) is 18.2 Å². The van der Waals surface area contributed by atoms with Crippen molar-refractivity contribution in [2.24, 2.45) is 0 Å². The van der Waals surface area contributed by atoms with Gasteiger partial charge in [-0.05, 0) is 18.2 Å². The van der Waals surface area contributed by atoms with E-state index in [2.05, 4.69) is 10.6 Å². The molecule has 0 radical (unpaired) electrons. The molecule has 0 saturated heterocycles. The fraction of sp³-hybridized carbons (Fsp3) is 0.133. The highest BCUT2D eigenvalue weighted by Crippen LogP contribution is 2.35. The summed E-state index contributed by atoms with van der Waals surface area (Å²) in [6, 6.07) is 11.9. The first kappa shape index (κ1) is 15.0. The Morgan fingerprint density at radius 2 is 1.67 bits per heavy atom. The zero-order valence-electron chi connectivity index (χ0n) is 11.6. The summed E-state index contributed by atoms with van der Waals surface area (Å²) < 4.78 is 10.3. The molecular formula is C15H15ClN2O3. The second-order valence-electron chi connectivity index (χ2n) is 4.13. The molecule has 0 spiro atoms. The largest absolute Gasteiger partial charge is 0.495 e. The van der Waals surface area contributed by atoms with Gasteiger partial charge in [-0.3, -0.25) is 0 Å². The number of methoxy groups -OCH3 is 2. The third-order valence-electron chi connectivity index (χ3n) is 2.75. The van der Waals surface area contributed by atoms with Gasteiger partial charge in [-0.2, -0.15) is 0 Å². The number of urea groups is 1. The Morgan fingerprint density at radius 3 is 2.29 bits per heavy atom.